The van der Waals surface area contributed by atoms with Crippen molar-refractivity contribution < 1.29 is 4.74 Å². The summed E-state index contributed by atoms with van der Waals surface area (Å²) in [5.74, 6) is 0.899. The summed E-state index contributed by atoms with van der Waals surface area (Å²) < 4.78 is 5.06. The Labute approximate surface area is 124 Å². The Hall–Kier alpha value is 1.82. The third kappa shape index (κ3) is 12.3. The predicted molar refractivity (Wildman–Crippen MR) is 87.2 cm³/mol. The summed E-state index contributed by atoms with van der Waals surface area (Å²) in [6.45, 7) is 0.688. The topological polar surface area (TPSA) is 35.2 Å². The van der Waals surface area contributed by atoms with Crippen molar-refractivity contribution in [1.29, 1.82) is 0 Å². The average Bonchev–Trinajstić information content (AvgIpc) is 2.16. The predicted octanol–water partition coefficient (Wildman–Crippen LogP) is 4.20. The van der Waals surface area contributed by atoms with E-state index in [1.165, 1.54) is 5.56 Å². The van der Waals surface area contributed by atoms with Gasteiger partial charge in [-0.05, 0) is 30.7 Å². The van der Waals surface area contributed by atoms with Gasteiger partial charge in [-0.3, -0.25) is 0 Å². The minimum atomic E-state index is -2.03. The molecule has 1 aromatic carbocycles. The van der Waals surface area contributed by atoms with E-state index in [4.69, 9.17) is 10.5 Å². The maximum atomic E-state index is 5.41. The van der Waals surface area contributed by atoms with E-state index in [2.05, 4.69) is 54.0 Å². The van der Waals surface area contributed by atoms with Gasteiger partial charge >= 0.3 is 59.5 Å². The normalized spacial score (nSPS) is 10.4. The number of ether oxygens (including phenoxy) is 1. The molecule has 0 saturated carbocycles. The molecule has 92 valence electrons. The molecule has 16 heavy (non-hydrogen) atoms. The van der Waals surface area contributed by atoms with E-state index in [0.29, 0.717) is 6.54 Å². The van der Waals surface area contributed by atoms with Crippen molar-refractivity contribution in [1.82, 2.24) is 0 Å². The van der Waals surface area contributed by atoms with Gasteiger partial charge in [-0.25, -0.2) is 0 Å². The molecule has 0 radical (unpaired) electrons. The van der Waals surface area contributed by atoms with E-state index in [0.717, 1.165) is 12.2 Å². The molecule has 0 fully saturated rings. The molecular formula is C9H13Br4NOPb. The van der Waals surface area contributed by atoms with Crippen LogP contribution >= 0.6 is 47.9 Å². The van der Waals surface area contributed by atoms with Crippen molar-refractivity contribution in [2.75, 3.05) is 13.7 Å². The third-order valence-corrected chi connectivity index (χ3v) is 1.57. The second kappa shape index (κ2) is 9.71. The Balaban J connectivity index is 0.000000385. The van der Waals surface area contributed by atoms with E-state index in [1.807, 2.05) is 18.2 Å². The van der Waals surface area contributed by atoms with Gasteiger partial charge in [-0.1, -0.05) is 12.1 Å². The minimum absolute atomic E-state index is 0.688. The van der Waals surface area contributed by atoms with Crippen LogP contribution in [0.15, 0.2) is 24.3 Å². The van der Waals surface area contributed by atoms with Crippen molar-refractivity contribution in [3.63, 3.8) is 0 Å². The number of benzene rings is 1. The molecule has 1 aromatic rings. The van der Waals surface area contributed by atoms with Gasteiger partial charge in [0.25, 0.3) is 0 Å². The number of hydrogen-bond acceptors (Lipinski definition) is 2. The monoisotopic (exact) mass is 675 g/mol. The van der Waals surface area contributed by atoms with Crippen LogP contribution in [-0.2, 0) is 6.42 Å². The first-order valence-corrected chi connectivity index (χ1v) is 38.2. The second-order valence-electron chi connectivity index (χ2n) is 2.82. The van der Waals surface area contributed by atoms with Crippen LogP contribution in [0.2, 0.25) is 0 Å². The van der Waals surface area contributed by atoms with E-state index in [-0.39, 0.29) is 0 Å². The first-order valence-electron chi connectivity index (χ1n) is 4.45. The summed E-state index contributed by atoms with van der Waals surface area (Å²) in [6.07, 6.45) is 0.914. The second-order valence-corrected chi connectivity index (χ2v) is 104. The van der Waals surface area contributed by atoms with Crippen LogP contribution in [0.1, 0.15) is 5.56 Å². The van der Waals surface area contributed by atoms with E-state index in [1.54, 1.807) is 7.11 Å². The zero-order valence-corrected chi connectivity index (χ0v) is 19.0. The molecule has 2 nitrogen and oxygen atoms in total. The summed E-state index contributed by atoms with van der Waals surface area (Å²) in [4.78, 5) is 0. The molecule has 0 bridgehead atoms. The summed E-state index contributed by atoms with van der Waals surface area (Å²) in [7, 11) is 1.67. The summed E-state index contributed by atoms with van der Waals surface area (Å²) in [5.41, 5.74) is 6.64. The first kappa shape index (κ1) is 17.8. The maximum absolute atomic E-state index is 5.41. The van der Waals surface area contributed by atoms with Gasteiger partial charge < -0.3 is 10.5 Å². The Kier molecular flexibility index (Phi) is 10.8. The van der Waals surface area contributed by atoms with Crippen molar-refractivity contribution in [3.8, 4) is 5.75 Å². The van der Waals surface area contributed by atoms with E-state index in [9.17, 15) is 0 Å². The van der Waals surface area contributed by atoms with Gasteiger partial charge in [0.1, 0.15) is 5.75 Å². The molecule has 0 aliphatic carbocycles. The molecule has 0 saturated heterocycles. The molecule has 0 spiro atoms. The van der Waals surface area contributed by atoms with Gasteiger partial charge in [0.2, 0.25) is 0 Å². The summed E-state index contributed by atoms with van der Waals surface area (Å²) in [5, 5.41) is 0. The molecule has 0 aliphatic rings. The zero-order valence-electron chi connectivity index (χ0n) is 8.72. The van der Waals surface area contributed by atoms with Crippen LogP contribution in [0.3, 0.4) is 0 Å². The average molecular weight is 678 g/mol. The molecule has 0 heterocycles. The Bertz CT molecular complexity index is 300. The number of methoxy groups -OCH3 is 1. The van der Waals surface area contributed by atoms with Crippen LogP contribution in [0.4, 0.5) is 0 Å². The number of nitrogens with two attached hydrogens (primary N) is 1. The van der Waals surface area contributed by atoms with Crippen LogP contribution in [0.5, 0.6) is 5.75 Å². The number of hydrogen-bond donors (Lipinski definition) is 1. The van der Waals surface area contributed by atoms with E-state index < -0.39 is 11.5 Å². The van der Waals surface area contributed by atoms with Crippen LogP contribution in [-0.4, -0.2) is 25.2 Å². The van der Waals surface area contributed by atoms with Gasteiger partial charge in [0, 0.05) is 0 Å². The fourth-order valence-electron chi connectivity index (χ4n) is 0.995. The van der Waals surface area contributed by atoms with Crippen LogP contribution < -0.4 is 10.5 Å². The quantitative estimate of drug-likeness (QED) is 0.488. The van der Waals surface area contributed by atoms with Gasteiger partial charge in [0.15, 0.2) is 0 Å². The van der Waals surface area contributed by atoms with Gasteiger partial charge in [0.05, 0.1) is 7.11 Å². The number of halogens is 4. The summed E-state index contributed by atoms with van der Waals surface area (Å²) >= 11 is 11.4. The van der Waals surface area contributed by atoms with E-state index >= 15 is 0 Å². The Morgan fingerprint density at radius 1 is 1.25 bits per heavy atom. The van der Waals surface area contributed by atoms with Crippen LogP contribution in [0, 0.1) is 0 Å². The molecule has 0 aliphatic heterocycles. The Morgan fingerprint density at radius 2 is 1.81 bits per heavy atom. The zero-order chi connectivity index (χ0) is 12.6. The van der Waals surface area contributed by atoms with Crippen molar-refractivity contribution in [3.05, 3.63) is 29.8 Å². The van der Waals surface area contributed by atoms with Crippen molar-refractivity contribution in [2.24, 2.45) is 5.73 Å². The number of rotatable bonds is 3. The van der Waals surface area contributed by atoms with Crippen LogP contribution in [0.25, 0.3) is 0 Å². The first-order chi connectivity index (χ1) is 7.36. The molecular weight excluding hydrogens is 665 g/mol. The standard InChI is InChI=1S/C9H13NO.4BrH.Pb/c1-11-9-4-2-3-8(7-9)5-6-10;;;;;/h2-4,7H,5-6,10H2,1H3;4*1H;/q;;;;;+4/p-4. The molecule has 7 heteroatoms. The molecule has 2 N–H and O–H groups in total. The summed E-state index contributed by atoms with van der Waals surface area (Å²) in [6, 6.07) is 7.96. The molecule has 0 atom stereocenters. The molecule has 0 unspecified atom stereocenters. The third-order valence-electron chi connectivity index (χ3n) is 1.57. The molecule has 0 aromatic heterocycles. The fourth-order valence-corrected chi connectivity index (χ4v) is 0.995. The Morgan fingerprint density at radius 3 is 2.25 bits per heavy atom. The van der Waals surface area contributed by atoms with Crippen molar-refractivity contribution >= 4 is 59.5 Å². The van der Waals surface area contributed by atoms with Gasteiger partial charge in [-0.15, -0.1) is 0 Å². The fraction of sp³-hybridized carbons (Fsp3) is 0.333. The molecule has 1 rings (SSSR count). The van der Waals surface area contributed by atoms with Gasteiger partial charge in [-0.2, -0.15) is 0 Å². The van der Waals surface area contributed by atoms with Crippen molar-refractivity contribution in [2.45, 2.75) is 6.42 Å². The molecule has 0 amide bonds. The SMILES string of the molecule is COc1cccc(CCN)c1.[Br][Pb]([Br])([Br])[Br].